The molecule has 106 valence electrons. The van der Waals surface area contributed by atoms with Gasteiger partial charge in [0.2, 0.25) is 0 Å². The van der Waals surface area contributed by atoms with Gasteiger partial charge in [-0.1, -0.05) is 0 Å². The smallest absolute Gasteiger partial charge is 0.276 e. The first-order valence-electron chi connectivity index (χ1n) is 5.11. The van der Waals surface area contributed by atoms with Crippen molar-refractivity contribution >= 4 is 25.9 Å². The maximum Gasteiger partial charge on any atom is 0.332 e. The number of anilines is 1. The van der Waals surface area contributed by atoms with Crippen LogP contribution in [0.25, 0.3) is 0 Å². The van der Waals surface area contributed by atoms with Gasteiger partial charge >= 0.3 is 10.2 Å². The molecule has 1 aromatic heterocycles. The molecule has 0 atom stereocenters. The number of halogens is 1. The molecule has 7 nitrogen and oxygen atoms in total. The minimum atomic E-state index is -4.86. The summed E-state index contributed by atoms with van der Waals surface area (Å²) in [6, 6.07) is 3.70. The Kier molecular flexibility index (Phi) is 3.68. The fraction of sp³-hybridized carbons (Fsp3) is 0. The molecule has 0 aliphatic heterocycles. The third-order valence-electron chi connectivity index (χ3n) is 2.23. The molecule has 0 aliphatic rings. The van der Waals surface area contributed by atoms with E-state index in [4.69, 9.17) is 0 Å². The lowest BCUT2D eigenvalue weighted by molar-refractivity contribution is 0.551. The minimum Gasteiger partial charge on any atom is -0.276 e. The lowest BCUT2D eigenvalue weighted by atomic mass is 10.4. The second-order valence-corrected chi connectivity index (χ2v) is 6.67. The third-order valence-corrected chi connectivity index (χ3v) is 4.46. The summed E-state index contributed by atoms with van der Waals surface area (Å²) in [6.45, 7) is 0. The number of aromatic nitrogens is 2. The number of rotatable bonds is 4. The van der Waals surface area contributed by atoms with E-state index in [2.05, 4.69) is 14.7 Å². The highest BCUT2D eigenvalue weighted by molar-refractivity contribution is 7.92. The van der Waals surface area contributed by atoms with Crippen molar-refractivity contribution in [2.75, 3.05) is 4.72 Å². The van der Waals surface area contributed by atoms with Crippen LogP contribution in [0.4, 0.5) is 9.57 Å². The van der Waals surface area contributed by atoms with Crippen molar-refractivity contribution < 1.29 is 20.7 Å². The summed E-state index contributed by atoms with van der Waals surface area (Å²) < 4.78 is 60.1. The summed E-state index contributed by atoms with van der Waals surface area (Å²) >= 11 is 0. The SMILES string of the molecule is O=S(=O)(F)c1ccc(S(=O)(=O)Nc2cncnc2)cc1. The number of nitrogens with zero attached hydrogens (tertiary/aromatic N) is 2. The van der Waals surface area contributed by atoms with E-state index in [1.165, 1.54) is 18.7 Å². The minimum absolute atomic E-state index is 0.148. The van der Waals surface area contributed by atoms with Crippen LogP contribution in [0.5, 0.6) is 0 Å². The Labute approximate surface area is 114 Å². The van der Waals surface area contributed by atoms with E-state index >= 15 is 0 Å². The van der Waals surface area contributed by atoms with Gasteiger partial charge in [0, 0.05) is 0 Å². The van der Waals surface area contributed by atoms with Gasteiger partial charge in [-0.3, -0.25) is 4.72 Å². The number of nitrogens with one attached hydrogen (secondary N) is 1. The number of hydrogen-bond donors (Lipinski definition) is 1. The lowest BCUT2D eigenvalue weighted by Crippen LogP contribution is -2.13. The number of benzene rings is 1. The molecule has 1 heterocycles. The molecule has 0 saturated carbocycles. The van der Waals surface area contributed by atoms with Crippen molar-refractivity contribution in [2.24, 2.45) is 0 Å². The molecular weight excluding hydrogens is 309 g/mol. The predicted octanol–water partition coefficient (Wildman–Crippen LogP) is 0.936. The molecule has 0 bridgehead atoms. The largest absolute Gasteiger partial charge is 0.332 e. The lowest BCUT2D eigenvalue weighted by Gasteiger charge is -2.07. The fourth-order valence-electron chi connectivity index (χ4n) is 1.35. The molecule has 10 heteroatoms. The summed E-state index contributed by atoms with van der Waals surface area (Å²) in [4.78, 5) is 6.46. The first kappa shape index (κ1) is 14.3. The Morgan fingerprint density at radius 3 is 1.90 bits per heavy atom. The van der Waals surface area contributed by atoms with Crippen molar-refractivity contribution in [1.29, 1.82) is 0 Å². The monoisotopic (exact) mass is 317 g/mol. The molecular formula is C10H8FN3O4S2. The molecule has 0 amide bonds. The molecule has 20 heavy (non-hydrogen) atoms. The molecule has 2 aromatic rings. The summed E-state index contributed by atoms with van der Waals surface area (Å²) in [5.74, 6) is 0. The first-order chi connectivity index (χ1) is 9.29. The Balaban J connectivity index is 2.31. The van der Waals surface area contributed by atoms with Crippen LogP contribution < -0.4 is 4.72 Å². The topological polar surface area (TPSA) is 106 Å². The number of sulfonamides is 1. The molecule has 1 N–H and O–H groups in total. The second-order valence-electron chi connectivity index (χ2n) is 3.64. The van der Waals surface area contributed by atoms with Crippen molar-refractivity contribution in [1.82, 2.24) is 9.97 Å². The van der Waals surface area contributed by atoms with Crippen LogP contribution in [-0.4, -0.2) is 26.8 Å². The van der Waals surface area contributed by atoms with Crippen LogP contribution >= 0.6 is 0 Å². The van der Waals surface area contributed by atoms with Crippen molar-refractivity contribution in [2.45, 2.75) is 9.79 Å². The summed E-state index contributed by atoms with van der Waals surface area (Å²) in [7, 11) is -8.78. The van der Waals surface area contributed by atoms with Gasteiger partial charge in [0.05, 0.1) is 27.9 Å². The van der Waals surface area contributed by atoms with Gasteiger partial charge in [-0.2, -0.15) is 8.42 Å². The van der Waals surface area contributed by atoms with Crippen molar-refractivity contribution in [3.8, 4) is 0 Å². The van der Waals surface area contributed by atoms with Crippen LogP contribution in [0.1, 0.15) is 0 Å². The first-order valence-corrected chi connectivity index (χ1v) is 7.98. The zero-order valence-electron chi connectivity index (χ0n) is 9.76. The average molecular weight is 317 g/mol. The van der Waals surface area contributed by atoms with Gasteiger partial charge < -0.3 is 0 Å². The molecule has 0 aliphatic carbocycles. The van der Waals surface area contributed by atoms with E-state index in [1.54, 1.807) is 0 Å². The van der Waals surface area contributed by atoms with E-state index < -0.39 is 25.1 Å². The highest BCUT2D eigenvalue weighted by atomic mass is 32.3. The quantitative estimate of drug-likeness (QED) is 0.841. The number of hydrogen-bond acceptors (Lipinski definition) is 6. The molecule has 2 rings (SSSR count). The van der Waals surface area contributed by atoms with E-state index in [1.807, 2.05) is 0 Å². The summed E-state index contributed by atoms with van der Waals surface area (Å²) in [5.41, 5.74) is 0.148. The molecule has 0 saturated heterocycles. The van der Waals surface area contributed by atoms with E-state index in [-0.39, 0.29) is 10.6 Å². The highest BCUT2D eigenvalue weighted by Crippen LogP contribution is 2.18. The second kappa shape index (κ2) is 5.13. The van der Waals surface area contributed by atoms with Crippen LogP contribution in [-0.2, 0) is 20.2 Å². The zero-order valence-corrected chi connectivity index (χ0v) is 11.4. The van der Waals surface area contributed by atoms with E-state index in [0.29, 0.717) is 0 Å². The van der Waals surface area contributed by atoms with Gasteiger partial charge in [0.1, 0.15) is 6.33 Å². The van der Waals surface area contributed by atoms with Gasteiger partial charge in [0.15, 0.2) is 0 Å². The average Bonchev–Trinajstić information content (AvgIpc) is 2.38. The van der Waals surface area contributed by atoms with Crippen molar-refractivity contribution in [3.63, 3.8) is 0 Å². The maximum atomic E-state index is 12.7. The highest BCUT2D eigenvalue weighted by Gasteiger charge is 2.17. The molecule has 0 fully saturated rings. The predicted molar refractivity (Wildman–Crippen MR) is 67.6 cm³/mol. The van der Waals surface area contributed by atoms with Crippen LogP contribution in [0, 0.1) is 0 Å². The van der Waals surface area contributed by atoms with Gasteiger partial charge in [-0.05, 0) is 24.3 Å². The van der Waals surface area contributed by atoms with Gasteiger partial charge in [-0.25, -0.2) is 18.4 Å². The summed E-state index contributed by atoms with van der Waals surface area (Å²) in [6.07, 6.45) is 3.74. The van der Waals surface area contributed by atoms with Gasteiger partial charge in [-0.15, -0.1) is 3.89 Å². The Morgan fingerprint density at radius 1 is 0.900 bits per heavy atom. The Hall–Kier alpha value is -2.07. The summed E-state index contributed by atoms with van der Waals surface area (Å²) in [5, 5.41) is 0. The molecule has 1 aromatic carbocycles. The van der Waals surface area contributed by atoms with Gasteiger partial charge in [0.25, 0.3) is 10.0 Å². The van der Waals surface area contributed by atoms with Crippen LogP contribution in [0.2, 0.25) is 0 Å². The fourth-order valence-corrected chi connectivity index (χ4v) is 2.84. The van der Waals surface area contributed by atoms with Crippen molar-refractivity contribution in [3.05, 3.63) is 43.0 Å². The standard InChI is InChI=1S/C10H8FN3O4S2/c11-19(15,16)9-1-3-10(4-2-9)20(17,18)14-8-5-12-7-13-6-8/h1-7,14H. The Morgan fingerprint density at radius 2 is 1.40 bits per heavy atom. The van der Waals surface area contributed by atoms with Crippen LogP contribution in [0.3, 0.4) is 0 Å². The molecule has 0 unspecified atom stereocenters. The van der Waals surface area contributed by atoms with E-state index in [9.17, 15) is 20.7 Å². The maximum absolute atomic E-state index is 12.7. The Bertz CT molecular complexity index is 805. The zero-order chi connectivity index (χ0) is 14.8. The molecule has 0 radical (unpaired) electrons. The van der Waals surface area contributed by atoms with Crippen LogP contribution in [0.15, 0.2) is 52.8 Å². The normalized spacial score (nSPS) is 12.1. The third kappa shape index (κ3) is 3.27. The van der Waals surface area contributed by atoms with E-state index in [0.717, 1.165) is 24.3 Å². The molecule has 0 spiro atoms.